The Morgan fingerprint density at radius 1 is 1.25 bits per heavy atom. The highest BCUT2D eigenvalue weighted by Crippen LogP contribution is 2.24. The van der Waals surface area contributed by atoms with Crippen LogP contribution in [-0.4, -0.2) is 14.5 Å². The van der Waals surface area contributed by atoms with Crippen molar-refractivity contribution in [2.75, 3.05) is 0 Å². The summed E-state index contributed by atoms with van der Waals surface area (Å²) in [4.78, 5) is 8.90. The molecule has 0 aliphatic carbocycles. The van der Waals surface area contributed by atoms with Gasteiger partial charge in [-0.1, -0.05) is 6.07 Å². The van der Waals surface area contributed by atoms with E-state index in [1.54, 1.807) is 12.3 Å². The lowest BCUT2D eigenvalue weighted by Crippen LogP contribution is -2.03. The number of nitrogens with zero attached hydrogens (tertiary/aromatic N) is 3. The summed E-state index contributed by atoms with van der Waals surface area (Å²) in [6.07, 6.45) is 1.77. The van der Waals surface area contributed by atoms with Gasteiger partial charge in [-0.25, -0.2) is 14.4 Å². The SMILES string of the molecule is Cc1cnc2c(c1)nc(CCl)n2-c1cc(F)ccc1C. The molecule has 0 N–H and O–H groups in total. The van der Waals surface area contributed by atoms with Gasteiger partial charge in [0.1, 0.15) is 17.2 Å². The molecule has 3 aromatic rings. The van der Waals surface area contributed by atoms with Gasteiger partial charge in [-0.2, -0.15) is 0 Å². The van der Waals surface area contributed by atoms with E-state index in [9.17, 15) is 4.39 Å². The van der Waals surface area contributed by atoms with Crippen LogP contribution in [0.3, 0.4) is 0 Å². The predicted octanol–water partition coefficient (Wildman–Crippen LogP) is 3.92. The Balaban J connectivity index is 2.37. The highest BCUT2D eigenvalue weighted by molar-refractivity contribution is 6.16. The molecule has 0 saturated heterocycles. The van der Waals surface area contributed by atoms with E-state index in [0.717, 1.165) is 22.3 Å². The number of fused-ring (bicyclic) bond motifs is 1. The Morgan fingerprint density at radius 3 is 2.80 bits per heavy atom. The fraction of sp³-hybridized carbons (Fsp3) is 0.200. The molecule has 0 spiro atoms. The lowest BCUT2D eigenvalue weighted by Gasteiger charge is -2.10. The van der Waals surface area contributed by atoms with Crippen LogP contribution < -0.4 is 0 Å². The second-order valence-corrected chi connectivity index (χ2v) is 5.05. The number of pyridine rings is 1. The van der Waals surface area contributed by atoms with Crippen molar-refractivity contribution in [2.45, 2.75) is 19.7 Å². The van der Waals surface area contributed by atoms with Crippen LogP contribution in [0.2, 0.25) is 0 Å². The number of aromatic nitrogens is 3. The minimum atomic E-state index is -0.292. The van der Waals surface area contributed by atoms with Crippen LogP contribution >= 0.6 is 11.6 Å². The molecule has 0 fully saturated rings. The first kappa shape index (κ1) is 13.1. The zero-order valence-electron chi connectivity index (χ0n) is 11.2. The van der Waals surface area contributed by atoms with Crippen molar-refractivity contribution >= 4 is 22.8 Å². The maximum absolute atomic E-state index is 13.6. The average molecular weight is 290 g/mol. The molecule has 5 heteroatoms. The van der Waals surface area contributed by atoms with Gasteiger partial charge in [0.25, 0.3) is 0 Å². The average Bonchev–Trinajstić information content (AvgIpc) is 2.78. The van der Waals surface area contributed by atoms with E-state index in [-0.39, 0.29) is 11.7 Å². The summed E-state index contributed by atoms with van der Waals surface area (Å²) in [5, 5.41) is 0. The molecular formula is C15H13ClFN3. The molecule has 2 aromatic heterocycles. The van der Waals surface area contributed by atoms with Crippen LogP contribution in [0.15, 0.2) is 30.5 Å². The largest absolute Gasteiger partial charge is 0.279 e. The molecule has 3 rings (SSSR count). The summed E-state index contributed by atoms with van der Waals surface area (Å²) in [7, 11) is 0. The molecule has 0 amide bonds. The van der Waals surface area contributed by atoms with Gasteiger partial charge in [0, 0.05) is 6.20 Å². The first-order valence-electron chi connectivity index (χ1n) is 6.26. The lowest BCUT2D eigenvalue weighted by molar-refractivity contribution is 0.626. The first-order chi connectivity index (χ1) is 9.60. The van der Waals surface area contributed by atoms with E-state index in [1.807, 2.05) is 24.5 Å². The second kappa shape index (κ2) is 4.87. The zero-order valence-corrected chi connectivity index (χ0v) is 11.9. The van der Waals surface area contributed by atoms with Crippen LogP contribution in [0.1, 0.15) is 17.0 Å². The molecule has 0 unspecified atom stereocenters. The van der Waals surface area contributed by atoms with Gasteiger partial charge in [-0.05, 0) is 43.2 Å². The number of hydrogen-bond donors (Lipinski definition) is 0. The normalized spacial score (nSPS) is 11.2. The molecular weight excluding hydrogens is 277 g/mol. The number of aryl methyl sites for hydroxylation is 2. The monoisotopic (exact) mass is 289 g/mol. The van der Waals surface area contributed by atoms with E-state index >= 15 is 0 Å². The van der Waals surface area contributed by atoms with E-state index in [1.165, 1.54) is 12.1 Å². The van der Waals surface area contributed by atoms with Crippen LogP contribution in [0.25, 0.3) is 16.9 Å². The minimum absolute atomic E-state index is 0.241. The van der Waals surface area contributed by atoms with E-state index in [2.05, 4.69) is 9.97 Å². The number of imidazole rings is 1. The maximum atomic E-state index is 13.6. The Kier molecular flexibility index (Phi) is 3.18. The van der Waals surface area contributed by atoms with Crippen molar-refractivity contribution in [3.63, 3.8) is 0 Å². The molecule has 0 bridgehead atoms. The summed E-state index contributed by atoms with van der Waals surface area (Å²) < 4.78 is 15.4. The van der Waals surface area contributed by atoms with Crippen molar-refractivity contribution < 1.29 is 4.39 Å². The lowest BCUT2D eigenvalue weighted by atomic mass is 10.2. The Labute approximate surface area is 121 Å². The number of benzene rings is 1. The van der Waals surface area contributed by atoms with Gasteiger partial charge in [0.05, 0.1) is 11.6 Å². The van der Waals surface area contributed by atoms with E-state index < -0.39 is 0 Å². The molecule has 2 heterocycles. The number of halogens is 2. The van der Waals surface area contributed by atoms with Crippen LogP contribution in [0.5, 0.6) is 0 Å². The maximum Gasteiger partial charge on any atom is 0.164 e. The van der Waals surface area contributed by atoms with Crippen molar-refractivity contribution in [2.24, 2.45) is 0 Å². The molecule has 0 radical (unpaired) electrons. The zero-order chi connectivity index (χ0) is 14.3. The van der Waals surface area contributed by atoms with Gasteiger partial charge >= 0.3 is 0 Å². The van der Waals surface area contributed by atoms with Crippen LogP contribution in [0.4, 0.5) is 4.39 Å². The van der Waals surface area contributed by atoms with E-state index in [0.29, 0.717) is 11.5 Å². The summed E-state index contributed by atoms with van der Waals surface area (Å²) in [6, 6.07) is 6.61. The summed E-state index contributed by atoms with van der Waals surface area (Å²) in [5.41, 5.74) is 4.16. The molecule has 0 aliphatic rings. The number of hydrogen-bond acceptors (Lipinski definition) is 2. The van der Waals surface area contributed by atoms with Crippen molar-refractivity contribution in [3.05, 3.63) is 53.2 Å². The Hall–Kier alpha value is -1.94. The Morgan fingerprint density at radius 2 is 2.05 bits per heavy atom. The fourth-order valence-corrected chi connectivity index (χ4v) is 2.46. The Bertz CT molecular complexity index is 795. The fourth-order valence-electron chi connectivity index (χ4n) is 2.28. The van der Waals surface area contributed by atoms with Gasteiger partial charge < -0.3 is 0 Å². The predicted molar refractivity (Wildman–Crippen MR) is 77.9 cm³/mol. The molecule has 0 aliphatic heterocycles. The molecule has 20 heavy (non-hydrogen) atoms. The summed E-state index contributed by atoms with van der Waals surface area (Å²) in [6.45, 7) is 3.88. The first-order valence-corrected chi connectivity index (χ1v) is 6.80. The van der Waals surface area contributed by atoms with Gasteiger partial charge in [0.2, 0.25) is 0 Å². The number of rotatable bonds is 2. The van der Waals surface area contributed by atoms with Crippen molar-refractivity contribution in [1.29, 1.82) is 0 Å². The van der Waals surface area contributed by atoms with Gasteiger partial charge in [-0.3, -0.25) is 4.57 Å². The third kappa shape index (κ3) is 2.06. The van der Waals surface area contributed by atoms with Crippen molar-refractivity contribution in [3.8, 4) is 5.69 Å². The highest BCUT2D eigenvalue weighted by Gasteiger charge is 2.15. The smallest absolute Gasteiger partial charge is 0.164 e. The van der Waals surface area contributed by atoms with Gasteiger partial charge in [-0.15, -0.1) is 11.6 Å². The quantitative estimate of drug-likeness (QED) is 0.670. The minimum Gasteiger partial charge on any atom is -0.279 e. The molecule has 0 saturated carbocycles. The molecule has 1 aromatic carbocycles. The van der Waals surface area contributed by atoms with Gasteiger partial charge in [0.15, 0.2) is 5.65 Å². The standard InChI is InChI=1S/C15H13ClFN3/c1-9-5-12-15(18-8-9)20(14(7-16)19-12)13-6-11(17)4-3-10(13)2/h3-6,8H,7H2,1-2H3. The summed E-state index contributed by atoms with van der Waals surface area (Å²) in [5.74, 6) is 0.610. The topological polar surface area (TPSA) is 30.7 Å². The highest BCUT2D eigenvalue weighted by atomic mass is 35.5. The molecule has 0 atom stereocenters. The van der Waals surface area contributed by atoms with Crippen LogP contribution in [0, 0.1) is 19.7 Å². The molecule has 3 nitrogen and oxygen atoms in total. The van der Waals surface area contributed by atoms with E-state index in [4.69, 9.17) is 11.6 Å². The van der Waals surface area contributed by atoms with Crippen molar-refractivity contribution in [1.82, 2.24) is 14.5 Å². The third-order valence-corrected chi connectivity index (χ3v) is 3.47. The second-order valence-electron chi connectivity index (χ2n) is 4.78. The third-order valence-electron chi connectivity index (χ3n) is 3.23. The number of alkyl halides is 1. The van der Waals surface area contributed by atoms with Crippen LogP contribution in [-0.2, 0) is 5.88 Å². The summed E-state index contributed by atoms with van der Waals surface area (Å²) >= 11 is 5.98. The molecule has 102 valence electrons.